The fourth-order valence-electron chi connectivity index (χ4n) is 2.50. The largest absolute Gasteiger partial charge is 0.466 e. The molecule has 1 N–H and O–H groups in total. The number of halogens is 2. The molecule has 2 heterocycles. The van der Waals surface area contributed by atoms with Gasteiger partial charge in [0.1, 0.15) is 11.2 Å². The lowest BCUT2D eigenvalue weighted by Crippen LogP contribution is -2.41. The number of nitrogens with zero attached hydrogens (tertiary/aromatic N) is 2. The Bertz CT molecular complexity index is 819. The van der Waals surface area contributed by atoms with Crippen molar-refractivity contribution in [2.24, 2.45) is 0 Å². The molecule has 2 rings (SSSR count). The molecule has 2 aromatic heterocycles. The van der Waals surface area contributed by atoms with Gasteiger partial charge in [0.05, 0.1) is 18.6 Å². The van der Waals surface area contributed by atoms with E-state index < -0.39 is 23.2 Å². The van der Waals surface area contributed by atoms with Gasteiger partial charge in [-0.15, -0.1) is 11.3 Å². The maximum absolute atomic E-state index is 14.3. The molecule has 5 nitrogen and oxygen atoms in total. The van der Waals surface area contributed by atoms with Crippen molar-refractivity contribution in [1.29, 1.82) is 5.26 Å². The molecule has 0 bridgehead atoms. The summed E-state index contributed by atoms with van der Waals surface area (Å²) in [6, 6.07) is 6.19. The molecule has 26 heavy (non-hydrogen) atoms. The van der Waals surface area contributed by atoms with Crippen molar-refractivity contribution >= 4 is 34.7 Å². The number of thiophene rings is 1. The van der Waals surface area contributed by atoms with Crippen molar-refractivity contribution in [1.82, 2.24) is 4.98 Å². The van der Waals surface area contributed by atoms with E-state index in [2.05, 4.69) is 10.3 Å². The normalized spacial score (nSPS) is 12.3. The lowest BCUT2D eigenvalue weighted by molar-refractivity contribution is -0.143. The van der Waals surface area contributed by atoms with Gasteiger partial charge >= 0.3 is 5.97 Å². The molecule has 138 valence electrons. The topological polar surface area (TPSA) is 75.0 Å². The van der Waals surface area contributed by atoms with Crippen LogP contribution in [0.25, 0.3) is 0 Å². The first-order valence-electron chi connectivity index (χ1n) is 8.01. The van der Waals surface area contributed by atoms with Crippen molar-refractivity contribution in [3.05, 3.63) is 45.0 Å². The predicted molar refractivity (Wildman–Crippen MR) is 99.9 cm³/mol. The smallest absolute Gasteiger partial charge is 0.307 e. The zero-order chi connectivity index (χ0) is 19.3. The van der Waals surface area contributed by atoms with E-state index in [1.807, 2.05) is 31.4 Å². The van der Waals surface area contributed by atoms with Crippen molar-refractivity contribution in [3.8, 4) is 6.07 Å². The highest BCUT2D eigenvalue weighted by molar-refractivity contribution is 7.10. The Balaban J connectivity index is 2.37. The van der Waals surface area contributed by atoms with Gasteiger partial charge in [0.25, 0.3) is 0 Å². The summed E-state index contributed by atoms with van der Waals surface area (Å²) >= 11 is 7.47. The van der Waals surface area contributed by atoms with Gasteiger partial charge in [-0.1, -0.05) is 31.5 Å². The minimum Gasteiger partial charge on any atom is -0.466 e. The van der Waals surface area contributed by atoms with Crippen LogP contribution in [0.5, 0.6) is 0 Å². The SMILES string of the molecule is CCOC(=O)CC(Nc1nc(Cl)c(C#N)cc1F)C(C)(C)c1cccs1. The maximum Gasteiger partial charge on any atom is 0.307 e. The molecule has 1 unspecified atom stereocenters. The summed E-state index contributed by atoms with van der Waals surface area (Å²) in [5, 5.41) is 13.8. The number of nitrogens with one attached hydrogen (secondary N) is 1. The molecule has 0 aliphatic heterocycles. The Morgan fingerprint density at radius 3 is 2.88 bits per heavy atom. The van der Waals surface area contributed by atoms with Crippen LogP contribution in [0.1, 0.15) is 37.6 Å². The van der Waals surface area contributed by atoms with Crippen LogP contribution < -0.4 is 5.32 Å². The molecule has 0 saturated heterocycles. The summed E-state index contributed by atoms with van der Waals surface area (Å²) in [7, 11) is 0. The van der Waals surface area contributed by atoms with Gasteiger partial charge in [-0.3, -0.25) is 4.79 Å². The minimum atomic E-state index is -0.707. The third kappa shape index (κ3) is 4.51. The third-order valence-electron chi connectivity index (χ3n) is 4.06. The quantitative estimate of drug-likeness (QED) is 0.551. The first-order valence-corrected chi connectivity index (χ1v) is 9.27. The van der Waals surface area contributed by atoms with E-state index >= 15 is 0 Å². The second-order valence-corrected chi connectivity index (χ2v) is 7.48. The van der Waals surface area contributed by atoms with Gasteiger partial charge in [0.2, 0.25) is 0 Å². The Morgan fingerprint density at radius 1 is 1.58 bits per heavy atom. The lowest BCUT2D eigenvalue weighted by Gasteiger charge is -2.34. The van der Waals surface area contributed by atoms with Crippen LogP contribution in [-0.2, 0) is 14.9 Å². The number of aromatic nitrogens is 1. The number of carbonyl (C=O) groups is 1. The number of rotatable bonds is 7. The number of esters is 1. The summed E-state index contributed by atoms with van der Waals surface area (Å²) in [5.41, 5.74) is -0.552. The van der Waals surface area contributed by atoms with E-state index in [4.69, 9.17) is 21.6 Å². The van der Waals surface area contributed by atoms with Crippen molar-refractivity contribution in [3.63, 3.8) is 0 Å². The van der Waals surface area contributed by atoms with Crippen LogP contribution >= 0.6 is 22.9 Å². The van der Waals surface area contributed by atoms with Crippen LogP contribution in [0.4, 0.5) is 10.2 Å². The summed E-state index contributed by atoms with van der Waals surface area (Å²) in [4.78, 5) is 17.0. The van der Waals surface area contributed by atoms with E-state index in [-0.39, 0.29) is 29.6 Å². The van der Waals surface area contributed by atoms with E-state index in [0.29, 0.717) is 0 Å². The van der Waals surface area contributed by atoms with Gasteiger partial charge in [-0.25, -0.2) is 9.37 Å². The van der Waals surface area contributed by atoms with E-state index in [0.717, 1.165) is 10.9 Å². The molecule has 0 fully saturated rings. The van der Waals surface area contributed by atoms with Gasteiger partial charge in [0, 0.05) is 16.3 Å². The van der Waals surface area contributed by atoms with Gasteiger partial charge in [-0.05, 0) is 24.4 Å². The maximum atomic E-state index is 14.3. The summed E-state index contributed by atoms with van der Waals surface area (Å²) in [5.74, 6) is -1.20. The minimum absolute atomic E-state index is 0.0253. The molecule has 0 saturated carbocycles. The average molecular weight is 396 g/mol. The van der Waals surface area contributed by atoms with E-state index in [1.165, 1.54) is 0 Å². The Morgan fingerprint density at radius 2 is 2.31 bits per heavy atom. The number of pyridine rings is 1. The molecule has 0 amide bonds. The first kappa shape index (κ1) is 20.1. The highest BCUT2D eigenvalue weighted by atomic mass is 35.5. The highest BCUT2D eigenvalue weighted by Crippen LogP contribution is 2.34. The van der Waals surface area contributed by atoms with E-state index in [9.17, 15) is 9.18 Å². The highest BCUT2D eigenvalue weighted by Gasteiger charge is 2.35. The second-order valence-electron chi connectivity index (χ2n) is 6.17. The number of hydrogen-bond acceptors (Lipinski definition) is 6. The molecule has 1 atom stereocenters. The van der Waals surface area contributed by atoms with Crippen LogP contribution in [-0.4, -0.2) is 23.6 Å². The fraction of sp³-hybridized carbons (Fsp3) is 0.389. The first-order chi connectivity index (χ1) is 12.3. The predicted octanol–water partition coefficient (Wildman–Crippen LogP) is 4.52. The molecule has 0 radical (unpaired) electrons. The van der Waals surface area contributed by atoms with Gasteiger partial charge in [0.15, 0.2) is 11.6 Å². The average Bonchev–Trinajstić information content (AvgIpc) is 3.12. The molecule has 0 aliphatic rings. The molecule has 0 aromatic carbocycles. The Hall–Kier alpha value is -2.17. The molecule has 0 aliphatic carbocycles. The Labute approximate surface area is 160 Å². The number of hydrogen-bond donors (Lipinski definition) is 1. The number of anilines is 1. The molecule has 0 spiro atoms. The van der Waals surface area contributed by atoms with Crippen LogP contribution in [0.2, 0.25) is 5.15 Å². The second kappa shape index (κ2) is 8.47. The van der Waals surface area contributed by atoms with Gasteiger partial charge < -0.3 is 10.1 Å². The molecular weight excluding hydrogens is 377 g/mol. The molecule has 2 aromatic rings. The number of nitriles is 1. The van der Waals surface area contributed by atoms with Crippen LogP contribution in [0.15, 0.2) is 23.6 Å². The summed E-state index contributed by atoms with van der Waals surface area (Å²) in [6.45, 7) is 5.91. The summed E-state index contributed by atoms with van der Waals surface area (Å²) in [6.07, 6.45) is 0.0253. The van der Waals surface area contributed by atoms with Crippen molar-refractivity contribution in [2.75, 3.05) is 11.9 Å². The van der Waals surface area contributed by atoms with Crippen LogP contribution in [0.3, 0.4) is 0 Å². The molecular formula is C18H19ClFN3O2S. The monoisotopic (exact) mass is 395 g/mol. The number of ether oxygens (including phenoxy) is 1. The van der Waals surface area contributed by atoms with Crippen molar-refractivity contribution < 1.29 is 13.9 Å². The zero-order valence-corrected chi connectivity index (χ0v) is 16.2. The zero-order valence-electron chi connectivity index (χ0n) is 14.7. The molecule has 8 heteroatoms. The van der Waals surface area contributed by atoms with Crippen LogP contribution in [0, 0.1) is 17.1 Å². The fourth-order valence-corrected chi connectivity index (χ4v) is 3.59. The standard InChI is InChI=1S/C18H19ClFN3O2S/c1-4-25-15(24)9-13(18(2,3)14-6-5-7-26-14)22-17-12(20)8-11(10-21)16(19)23-17/h5-8,13H,4,9H2,1-3H3,(H,22,23). The summed E-state index contributed by atoms with van der Waals surface area (Å²) < 4.78 is 19.4. The number of carbonyl (C=O) groups excluding carboxylic acids is 1. The van der Waals surface area contributed by atoms with Crippen molar-refractivity contribution in [2.45, 2.75) is 38.6 Å². The van der Waals surface area contributed by atoms with E-state index in [1.54, 1.807) is 24.3 Å². The Kier molecular flexibility index (Phi) is 6.57. The third-order valence-corrected chi connectivity index (χ3v) is 5.56. The lowest BCUT2D eigenvalue weighted by atomic mass is 9.81. The van der Waals surface area contributed by atoms with Gasteiger partial charge in [-0.2, -0.15) is 5.26 Å².